The van der Waals surface area contributed by atoms with Crippen LogP contribution in [0.15, 0.2) is 36.5 Å². The topological polar surface area (TPSA) is 66.3 Å². The summed E-state index contributed by atoms with van der Waals surface area (Å²) in [6, 6.07) is 9.65. The van der Waals surface area contributed by atoms with Gasteiger partial charge in [0.1, 0.15) is 5.82 Å². The number of likely N-dealkylation sites (tertiary alicyclic amines) is 1. The Labute approximate surface area is 141 Å². The minimum atomic E-state index is -0.676. The Morgan fingerprint density at radius 2 is 2.04 bits per heavy atom. The Morgan fingerprint density at radius 1 is 1.29 bits per heavy atom. The van der Waals surface area contributed by atoms with Gasteiger partial charge in [-0.3, -0.25) is 4.79 Å². The number of hydrogen-bond acceptors (Lipinski definition) is 4. The van der Waals surface area contributed by atoms with Gasteiger partial charge in [0.15, 0.2) is 0 Å². The molecule has 1 amide bonds. The fourth-order valence-corrected chi connectivity index (χ4v) is 3.63. The Hall–Kier alpha value is -2.27. The van der Waals surface area contributed by atoms with Crippen molar-refractivity contribution in [1.29, 1.82) is 0 Å². The number of benzene rings is 1. The summed E-state index contributed by atoms with van der Waals surface area (Å²) in [4.78, 5) is 23.8. The number of amides is 1. The predicted octanol–water partition coefficient (Wildman–Crippen LogP) is 2.58. The van der Waals surface area contributed by atoms with Crippen molar-refractivity contribution in [1.82, 2.24) is 14.9 Å². The highest BCUT2D eigenvalue weighted by Crippen LogP contribution is 2.45. The molecular weight excluding hydrogens is 302 g/mol. The van der Waals surface area contributed by atoms with Gasteiger partial charge in [-0.25, -0.2) is 9.97 Å². The van der Waals surface area contributed by atoms with Crippen LogP contribution in [0.4, 0.5) is 0 Å². The lowest BCUT2D eigenvalue weighted by atomic mass is 10.0. The van der Waals surface area contributed by atoms with Crippen molar-refractivity contribution in [2.24, 2.45) is 0 Å². The zero-order valence-electron chi connectivity index (χ0n) is 13.8. The number of aryl methyl sites for hydroxylation is 1. The number of carbonyl (C=O) groups excluding carboxylic acids is 1. The molecule has 1 saturated carbocycles. The molecule has 1 aliphatic heterocycles. The molecule has 2 fully saturated rings. The summed E-state index contributed by atoms with van der Waals surface area (Å²) in [5, 5.41) is 10.5. The number of rotatable bonds is 3. The predicted molar refractivity (Wildman–Crippen MR) is 90.4 cm³/mol. The quantitative estimate of drug-likeness (QED) is 0.943. The number of nitrogens with zero attached hydrogens (tertiary/aromatic N) is 3. The van der Waals surface area contributed by atoms with E-state index in [1.807, 2.05) is 42.2 Å². The summed E-state index contributed by atoms with van der Waals surface area (Å²) in [5.41, 5.74) is 1.42. The van der Waals surface area contributed by atoms with Crippen LogP contribution in [0, 0.1) is 6.92 Å². The van der Waals surface area contributed by atoms with Gasteiger partial charge in [-0.15, -0.1) is 0 Å². The maximum Gasteiger partial charge on any atom is 0.257 e. The molecule has 2 aromatic rings. The van der Waals surface area contributed by atoms with Crippen LogP contribution >= 0.6 is 0 Å². The minimum Gasteiger partial charge on any atom is -0.388 e. The standard InChI is InChI=1S/C19H21N3O2/c1-13-20-12-15(17(21-13)14-6-3-2-4-7-14)18(23)22-11-5-8-16(22)19(24)9-10-19/h2-4,6-7,12,16,24H,5,8-11H2,1H3. The molecular formula is C19H21N3O2. The third-order valence-electron chi connectivity index (χ3n) is 5.08. The van der Waals surface area contributed by atoms with Gasteiger partial charge in [0, 0.05) is 18.3 Å². The van der Waals surface area contributed by atoms with Crippen LogP contribution in [0.5, 0.6) is 0 Å². The first-order valence-electron chi connectivity index (χ1n) is 8.51. The Bertz CT molecular complexity index is 771. The van der Waals surface area contributed by atoms with Gasteiger partial charge in [-0.05, 0) is 32.6 Å². The van der Waals surface area contributed by atoms with Crippen molar-refractivity contribution in [3.63, 3.8) is 0 Å². The molecule has 24 heavy (non-hydrogen) atoms. The second-order valence-electron chi connectivity index (χ2n) is 6.81. The number of aliphatic hydroxyl groups is 1. The largest absolute Gasteiger partial charge is 0.388 e. The fourth-order valence-electron chi connectivity index (χ4n) is 3.63. The third-order valence-corrected chi connectivity index (χ3v) is 5.08. The normalized spacial score (nSPS) is 21.8. The molecule has 2 aliphatic rings. The van der Waals surface area contributed by atoms with Gasteiger partial charge >= 0.3 is 0 Å². The first-order chi connectivity index (χ1) is 11.6. The van der Waals surface area contributed by atoms with Crippen LogP contribution in [0.2, 0.25) is 0 Å². The zero-order valence-corrected chi connectivity index (χ0v) is 13.8. The molecule has 1 aromatic carbocycles. The summed E-state index contributed by atoms with van der Waals surface area (Å²) >= 11 is 0. The molecule has 1 aliphatic carbocycles. The number of hydrogen-bond donors (Lipinski definition) is 1. The van der Waals surface area contributed by atoms with E-state index in [-0.39, 0.29) is 11.9 Å². The second-order valence-corrected chi connectivity index (χ2v) is 6.81. The SMILES string of the molecule is Cc1ncc(C(=O)N2CCCC2C2(O)CC2)c(-c2ccccc2)n1. The van der Waals surface area contributed by atoms with E-state index in [2.05, 4.69) is 9.97 Å². The van der Waals surface area contributed by atoms with Crippen LogP contribution in [0.3, 0.4) is 0 Å². The van der Waals surface area contributed by atoms with Crippen molar-refractivity contribution < 1.29 is 9.90 Å². The van der Waals surface area contributed by atoms with E-state index in [0.717, 1.165) is 31.2 Å². The van der Waals surface area contributed by atoms with Crippen LogP contribution in [0.25, 0.3) is 11.3 Å². The molecule has 2 heterocycles. The van der Waals surface area contributed by atoms with E-state index >= 15 is 0 Å². The van der Waals surface area contributed by atoms with Gasteiger partial charge < -0.3 is 10.0 Å². The smallest absolute Gasteiger partial charge is 0.257 e. The van der Waals surface area contributed by atoms with Crippen LogP contribution in [-0.4, -0.2) is 44.1 Å². The Morgan fingerprint density at radius 3 is 2.75 bits per heavy atom. The molecule has 124 valence electrons. The van der Waals surface area contributed by atoms with E-state index in [1.165, 1.54) is 0 Å². The Kier molecular flexibility index (Phi) is 3.61. The molecule has 5 nitrogen and oxygen atoms in total. The average Bonchev–Trinajstić information content (AvgIpc) is 3.15. The highest BCUT2D eigenvalue weighted by molar-refractivity contribution is 6.00. The Balaban J connectivity index is 1.72. The lowest BCUT2D eigenvalue weighted by Crippen LogP contribution is -2.44. The zero-order chi connectivity index (χ0) is 16.7. The van der Waals surface area contributed by atoms with Crippen molar-refractivity contribution in [3.8, 4) is 11.3 Å². The van der Waals surface area contributed by atoms with Gasteiger partial charge in [0.2, 0.25) is 0 Å². The van der Waals surface area contributed by atoms with Crippen molar-refractivity contribution >= 4 is 5.91 Å². The molecule has 5 heteroatoms. The summed E-state index contributed by atoms with van der Waals surface area (Å²) in [7, 11) is 0. The number of carbonyl (C=O) groups is 1. The highest BCUT2D eigenvalue weighted by Gasteiger charge is 2.52. The lowest BCUT2D eigenvalue weighted by Gasteiger charge is -2.29. The molecule has 0 spiro atoms. The van der Waals surface area contributed by atoms with E-state index in [9.17, 15) is 9.90 Å². The monoisotopic (exact) mass is 323 g/mol. The van der Waals surface area contributed by atoms with Crippen LogP contribution in [-0.2, 0) is 0 Å². The fraction of sp³-hybridized carbons (Fsp3) is 0.421. The number of aromatic nitrogens is 2. The molecule has 4 rings (SSSR count). The van der Waals surface area contributed by atoms with E-state index in [0.29, 0.717) is 23.6 Å². The van der Waals surface area contributed by atoms with Crippen molar-refractivity contribution in [2.45, 2.75) is 44.2 Å². The first kappa shape index (κ1) is 15.3. The van der Waals surface area contributed by atoms with Crippen LogP contribution < -0.4 is 0 Å². The summed E-state index contributed by atoms with van der Waals surface area (Å²) in [6.45, 7) is 2.51. The molecule has 1 N–H and O–H groups in total. The molecule has 1 atom stereocenters. The third kappa shape index (κ3) is 2.59. The van der Waals surface area contributed by atoms with E-state index in [1.54, 1.807) is 6.20 Å². The van der Waals surface area contributed by atoms with Crippen LogP contribution in [0.1, 0.15) is 41.9 Å². The van der Waals surface area contributed by atoms with Gasteiger partial charge in [-0.2, -0.15) is 0 Å². The second kappa shape index (κ2) is 5.67. The molecule has 1 saturated heterocycles. The summed E-state index contributed by atoms with van der Waals surface area (Å²) < 4.78 is 0. The molecule has 0 bridgehead atoms. The van der Waals surface area contributed by atoms with E-state index in [4.69, 9.17) is 0 Å². The van der Waals surface area contributed by atoms with E-state index < -0.39 is 5.60 Å². The lowest BCUT2D eigenvalue weighted by molar-refractivity contribution is 0.0386. The molecule has 1 aromatic heterocycles. The minimum absolute atomic E-state index is 0.0725. The van der Waals surface area contributed by atoms with Gasteiger partial charge in [-0.1, -0.05) is 30.3 Å². The van der Waals surface area contributed by atoms with Gasteiger partial charge in [0.05, 0.1) is 22.9 Å². The maximum atomic E-state index is 13.2. The molecule has 1 unspecified atom stereocenters. The summed E-state index contributed by atoms with van der Waals surface area (Å²) in [5.74, 6) is 0.570. The highest BCUT2D eigenvalue weighted by atomic mass is 16.3. The first-order valence-corrected chi connectivity index (χ1v) is 8.51. The van der Waals surface area contributed by atoms with Gasteiger partial charge in [0.25, 0.3) is 5.91 Å². The summed E-state index contributed by atoms with van der Waals surface area (Å²) in [6.07, 6.45) is 5.01. The average molecular weight is 323 g/mol. The van der Waals surface area contributed by atoms with Crippen molar-refractivity contribution in [2.75, 3.05) is 6.54 Å². The molecule has 0 radical (unpaired) electrons. The van der Waals surface area contributed by atoms with Crippen molar-refractivity contribution in [3.05, 3.63) is 47.9 Å². The maximum absolute atomic E-state index is 13.2.